The van der Waals surface area contributed by atoms with Crippen molar-refractivity contribution in [3.05, 3.63) is 119 Å². The summed E-state index contributed by atoms with van der Waals surface area (Å²) >= 11 is 1.31. The lowest BCUT2D eigenvalue weighted by atomic mass is 9.83. The summed E-state index contributed by atoms with van der Waals surface area (Å²) in [7, 11) is 0. The van der Waals surface area contributed by atoms with Gasteiger partial charge in [-0.2, -0.15) is 0 Å². The van der Waals surface area contributed by atoms with E-state index in [4.69, 9.17) is 4.74 Å². The normalized spacial score (nSPS) is 11.8. The first-order valence-corrected chi connectivity index (χ1v) is 12.8. The Hall–Kier alpha value is -4.69. The van der Waals surface area contributed by atoms with Crippen LogP contribution >= 0.6 is 11.8 Å². The maximum Gasteiger partial charge on any atom is 0.262 e. The fourth-order valence-electron chi connectivity index (χ4n) is 4.08. The molecule has 0 radical (unpaired) electrons. The quantitative estimate of drug-likeness (QED) is 0.271. The van der Waals surface area contributed by atoms with Gasteiger partial charge in [0, 0.05) is 27.3 Å². The number of anilines is 2. The molecule has 0 bridgehead atoms. The third-order valence-electron chi connectivity index (χ3n) is 5.85. The van der Waals surface area contributed by atoms with Gasteiger partial charge in [-0.3, -0.25) is 19.2 Å². The molecule has 2 amide bonds. The Labute approximate surface area is 223 Å². The van der Waals surface area contributed by atoms with Crippen LogP contribution in [0.15, 0.2) is 102 Å². The van der Waals surface area contributed by atoms with Crippen molar-refractivity contribution >= 4 is 46.5 Å². The number of hydrogen-bond acceptors (Lipinski definition) is 6. The predicted molar refractivity (Wildman–Crippen MR) is 146 cm³/mol. The third kappa shape index (κ3) is 5.50. The highest BCUT2D eigenvalue weighted by atomic mass is 32.2. The van der Waals surface area contributed by atoms with E-state index in [0.717, 1.165) is 4.90 Å². The van der Waals surface area contributed by atoms with Crippen molar-refractivity contribution in [1.82, 2.24) is 0 Å². The molecular weight excluding hydrogens is 500 g/mol. The topological polar surface area (TPSA) is 102 Å². The first-order valence-electron chi connectivity index (χ1n) is 11.8. The molecule has 0 heterocycles. The highest BCUT2D eigenvalue weighted by molar-refractivity contribution is 8.00. The lowest BCUT2D eigenvalue weighted by molar-refractivity contribution is -0.118. The molecule has 8 heteroatoms. The predicted octanol–water partition coefficient (Wildman–Crippen LogP) is 5.21. The van der Waals surface area contributed by atoms with Crippen molar-refractivity contribution in [1.29, 1.82) is 0 Å². The molecule has 0 saturated heterocycles. The summed E-state index contributed by atoms with van der Waals surface area (Å²) in [4.78, 5) is 51.7. The van der Waals surface area contributed by atoms with Gasteiger partial charge in [-0.25, -0.2) is 0 Å². The molecule has 0 aromatic heterocycles. The van der Waals surface area contributed by atoms with Crippen LogP contribution < -0.4 is 15.4 Å². The van der Waals surface area contributed by atoms with Crippen LogP contribution in [0.2, 0.25) is 0 Å². The Bertz CT molecular complexity index is 1530. The van der Waals surface area contributed by atoms with E-state index in [1.165, 1.54) is 11.8 Å². The number of ether oxygens (including phenoxy) is 1. The largest absolute Gasteiger partial charge is 0.484 e. The van der Waals surface area contributed by atoms with Crippen LogP contribution in [0.3, 0.4) is 0 Å². The van der Waals surface area contributed by atoms with Crippen LogP contribution in [0.4, 0.5) is 11.4 Å². The van der Waals surface area contributed by atoms with Gasteiger partial charge in [0.15, 0.2) is 18.2 Å². The summed E-state index contributed by atoms with van der Waals surface area (Å²) in [6, 6.07) is 27.7. The fraction of sp³-hybridized carbons (Fsp3) is 0.0667. The molecule has 0 spiro atoms. The summed E-state index contributed by atoms with van der Waals surface area (Å²) in [5.74, 6) is -0.401. The van der Waals surface area contributed by atoms with Crippen LogP contribution in [-0.4, -0.2) is 35.7 Å². The molecule has 0 aliphatic heterocycles. The number of carbonyl (C=O) groups is 4. The number of rotatable bonds is 8. The van der Waals surface area contributed by atoms with Crippen molar-refractivity contribution in [2.45, 2.75) is 4.90 Å². The Kier molecular flexibility index (Phi) is 7.33. The molecule has 7 nitrogen and oxygen atoms in total. The van der Waals surface area contributed by atoms with Crippen LogP contribution in [0.1, 0.15) is 31.8 Å². The number of para-hydroxylation sites is 1. The molecular formula is C30H22N2O5S. The number of thioether (sulfide) groups is 1. The Balaban J connectivity index is 1.16. The monoisotopic (exact) mass is 522 g/mol. The van der Waals surface area contributed by atoms with Gasteiger partial charge >= 0.3 is 0 Å². The molecule has 5 rings (SSSR count). The first-order chi connectivity index (χ1) is 18.5. The molecule has 4 aromatic carbocycles. The van der Waals surface area contributed by atoms with E-state index in [9.17, 15) is 19.2 Å². The smallest absolute Gasteiger partial charge is 0.262 e. The standard InChI is InChI=1S/C30H22N2O5S/c33-26(17-37-20-7-2-1-3-8-20)31-19-13-15-21(16-14-19)38-18-27(34)32-25-12-6-11-24-28(25)30(36)23-10-5-4-9-22(23)29(24)35/h1-16H,17-18H2,(H,31,33)(H,32,34). The van der Waals surface area contributed by atoms with E-state index in [-0.39, 0.29) is 46.9 Å². The zero-order valence-electron chi connectivity index (χ0n) is 20.1. The number of carbonyl (C=O) groups excluding carboxylic acids is 4. The molecule has 0 fully saturated rings. The van der Waals surface area contributed by atoms with Crippen molar-refractivity contribution < 1.29 is 23.9 Å². The van der Waals surface area contributed by atoms with Gasteiger partial charge < -0.3 is 15.4 Å². The Morgan fingerprint density at radius 3 is 2.05 bits per heavy atom. The number of nitrogens with one attached hydrogen (secondary N) is 2. The van der Waals surface area contributed by atoms with Gasteiger partial charge in [0.2, 0.25) is 5.91 Å². The number of fused-ring (bicyclic) bond motifs is 2. The maximum absolute atomic E-state index is 13.1. The summed E-state index contributed by atoms with van der Waals surface area (Å²) in [5.41, 5.74) is 2.13. The lowest BCUT2D eigenvalue weighted by Gasteiger charge is -2.20. The molecule has 188 valence electrons. The van der Waals surface area contributed by atoms with Crippen molar-refractivity contribution in [3.8, 4) is 5.75 Å². The lowest BCUT2D eigenvalue weighted by Crippen LogP contribution is -2.24. The van der Waals surface area contributed by atoms with E-state index in [0.29, 0.717) is 28.3 Å². The highest BCUT2D eigenvalue weighted by Gasteiger charge is 2.31. The first kappa shape index (κ1) is 25.0. The van der Waals surface area contributed by atoms with Crippen LogP contribution in [0.5, 0.6) is 5.75 Å². The summed E-state index contributed by atoms with van der Waals surface area (Å²) < 4.78 is 5.44. The number of benzene rings is 4. The number of hydrogen-bond donors (Lipinski definition) is 2. The SMILES string of the molecule is O=C(COc1ccccc1)Nc1ccc(SCC(=O)Nc2cccc3c2C(=O)c2ccccc2C3=O)cc1. The van der Waals surface area contributed by atoms with Gasteiger partial charge in [-0.15, -0.1) is 11.8 Å². The van der Waals surface area contributed by atoms with Gasteiger partial charge in [-0.05, 0) is 42.5 Å². The zero-order valence-corrected chi connectivity index (χ0v) is 20.9. The average Bonchev–Trinajstić information content (AvgIpc) is 2.95. The molecule has 1 aliphatic carbocycles. The second-order valence-electron chi connectivity index (χ2n) is 8.44. The van der Waals surface area contributed by atoms with Gasteiger partial charge in [0.05, 0.1) is 17.0 Å². The number of amides is 2. The minimum Gasteiger partial charge on any atom is -0.484 e. The zero-order chi connectivity index (χ0) is 26.5. The number of ketones is 2. The molecule has 0 atom stereocenters. The van der Waals surface area contributed by atoms with Crippen LogP contribution in [0, 0.1) is 0 Å². The van der Waals surface area contributed by atoms with E-state index in [1.54, 1.807) is 78.9 Å². The molecule has 0 unspecified atom stereocenters. The van der Waals surface area contributed by atoms with Crippen molar-refractivity contribution in [2.24, 2.45) is 0 Å². The van der Waals surface area contributed by atoms with Gasteiger partial charge in [0.25, 0.3) is 5.91 Å². The van der Waals surface area contributed by atoms with Crippen LogP contribution in [-0.2, 0) is 9.59 Å². The fourth-order valence-corrected chi connectivity index (χ4v) is 4.78. The Morgan fingerprint density at radius 1 is 0.658 bits per heavy atom. The molecule has 4 aromatic rings. The summed E-state index contributed by atoms with van der Waals surface area (Å²) in [5, 5.41) is 5.55. The minimum atomic E-state index is -0.307. The Morgan fingerprint density at radius 2 is 1.32 bits per heavy atom. The van der Waals surface area contributed by atoms with E-state index < -0.39 is 0 Å². The molecule has 1 aliphatic rings. The van der Waals surface area contributed by atoms with E-state index in [1.807, 2.05) is 18.2 Å². The minimum absolute atomic E-state index is 0.0962. The van der Waals surface area contributed by atoms with Crippen LogP contribution in [0.25, 0.3) is 0 Å². The van der Waals surface area contributed by atoms with Crippen molar-refractivity contribution in [2.75, 3.05) is 23.0 Å². The maximum atomic E-state index is 13.1. The molecule has 38 heavy (non-hydrogen) atoms. The second-order valence-corrected chi connectivity index (χ2v) is 9.49. The molecule has 0 saturated carbocycles. The summed E-state index contributed by atoms with van der Waals surface area (Å²) in [6.45, 7) is -0.108. The van der Waals surface area contributed by atoms with Gasteiger partial charge in [-0.1, -0.05) is 54.6 Å². The average molecular weight is 523 g/mol. The summed E-state index contributed by atoms with van der Waals surface area (Å²) in [6.07, 6.45) is 0. The van der Waals surface area contributed by atoms with E-state index in [2.05, 4.69) is 10.6 Å². The highest BCUT2D eigenvalue weighted by Crippen LogP contribution is 2.32. The van der Waals surface area contributed by atoms with Gasteiger partial charge in [0.1, 0.15) is 5.75 Å². The molecule has 2 N–H and O–H groups in total. The van der Waals surface area contributed by atoms with Crippen molar-refractivity contribution in [3.63, 3.8) is 0 Å². The second kappa shape index (κ2) is 11.1. The third-order valence-corrected chi connectivity index (χ3v) is 6.86. The van der Waals surface area contributed by atoms with E-state index >= 15 is 0 Å².